The summed E-state index contributed by atoms with van der Waals surface area (Å²) in [5.41, 5.74) is 5.16. The Morgan fingerprint density at radius 3 is 2.24 bits per heavy atom. The maximum absolute atomic E-state index is 5.08. The lowest BCUT2D eigenvalue weighted by atomic mass is 10.0. The van der Waals surface area contributed by atoms with E-state index in [1.165, 1.54) is 66.8 Å². The van der Waals surface area contributed by atoms with Crippen LogP contribution in [0.5, 0.6) is 0 Å². The van der Waals surface area contributed by atoms with Crippen LogP contribution in [0, 0.1) is 0 Å². The first-order chi connectivity index (χ1) is 16.3. The van der Waals surface area contributed by atoms with Crippen molar-refractivity contribution in [3.05, 3.63) is 72.1 Å². The molecule has 172 valence electrons. The maximum Gasteiger partial charge on any atom is 0.130 e. The summed E-state index contributed by atoms with van der Waals surface area (Å²) >= 11 is 1.85. The normalized spacial score (nSPS) is 17.5. The van der Waals surface area contributed by atoms with Gasteiger partial charge in [-0.1, -0.05) is 31.2 Å². The monoisotopic (exact) mass is 458 g/mol. The van der Waals surface area contributed by atoms with Crippen LogP contribution in [-0.4, -0.2) is 47.1 Å². The van der Waals surface area contributed by atoms with E-state index >= 15 is 0 Å². The van der Waals surface area contributed by atoms with Gasteiger partial charge in [-0.05, 0) is 91.7 Å². The Morgan fingerprint density at radius 2 is 1.55 bits per heavy atom. The van der Waals surface area contributed by atoms with E-state index in [1.54, 1.807) is 0 Å². The number of hydrogen-bond acceptors (Lipinski definition) is 5. The fourth-order valence-corrected chi connectivity index (χ4v) is 5.95. The van der Waals surface area contributed by atoms with Gasteiger partial charge in [0, 0.05) is 37.3 Å². The van der Waals surface area contributed by atoms with Crippen LogP contribution >= 0.6 is 11.8 Å². The molecule has 0 aliphatic carbocycles. The Morgan fingerprint density at radius 1 is 0.848 bits per heavy atom. The Kier molecular flexibility index (Phi) is 7.27. The minimum Gasteiger partial charge on any atom is -0.356 e. The van der Waals surface area contributed by atoms with Crippen molar-refractivity contribution in [2.45, 2.75) is 55.8 Å². The minimum atomic E-state index is 0.780. The van der Waals surface area contributed by atoms with Crippen LogP contribution in [0.1, 0.15) is 43.7 Å². The van der Waals surface area contributed by atoms with Crippen LogP contribution in [0.4, 0.5) is 5.82 Å². The van der Waals surface area contributed by atoms with Crippen molar-refractivity contribution in [2.24, 2.45) is 0 Å². The Labute approximate surface area is 202 Å². The van der Waals surface area contributed by atoms with E-state index in [0.717, 1.165) is 36.3 Å². The molecular weight excluding hydrogens is 424 g/mol. The molecule has 0 N–H and O–H groups in total. The summed E-state index contributed by atoms with van der Waals surface area (Å²) in [5.74, 6) is 2.11. The van der Waals surface area contributed by atoms with Gasteiger partial charge in [0.05, 0.1) is 5.03 Å². The van der Waals surface area contributed by atoms with Crippen molar-refractivity contribution in [3.63, 3.8) is 0 Å². The number of thioether (sulfide) groups is 1. The number of hydrogen-bond donors (Lipinski definition) is 0. The molecule has 2 aliphatic heterocycles. The lowest BCUT2D eigenvalue weighted by molar-refractivity contribution is 0.207. The largest absolute Gasteiger partial charge is 0.356 e. The van der Waals surface area contributed by atoms with Gasteiger partial charge in [0.25, 0.3) is 0 Å². The van der Waals surface area contributed by atoms with E-state index in [9.17, 15) is 0 Å². The SMILES string of the molecule is CCc1cc(SCc2ccc(-c3ccncc3)cc2)nc(N2CCC(N3CCCC3)CC2)c1. The first-order valence-electron chi connectivity index (χ1n) is 12.4. The first kappa shape index (κ1) is 22.4. The molecule has 2 aliphatic rings. The molecular formula is C28H34N4S. The smallest absolute Gasteiger partial charge is 0.130 e. The number of anilines is 1. The summed E-state index contributed by atoms with van der Waals surface area (Å²) in [6.45, 7) is 7.10. The zero-order chi connectivity index (χ0) is 22.5. The molecule has 0 bridgehead atoms. The van der Waals surface area contributed by atoms with Crippen LogP contribution in [-0.2, 0) is 12.2 Å². The highest BCUT2D eigenvalue weighted by atomic mass is 32.2. The summed E-state index contributed by atoms with van der Waals surface area (Å²) in [6, 6.07) is 18.3. The van der Waals surface area contributed by atoms with Gasteiger partial charge in [-0.15, -0.1) is 11.8 Å². The number of likely N-dealkylation sites (tertiary alicyclic amines) is 1. The zero-order valence-electron chi connectivity index (χ0n) is 19.6. The maximum atomic E-state index is 5.08. The second-order valence-electron chi connectivity index (χ2n) is 9.21. The Hall–Kier alpha value is -2.37. The molecule has 2 fully saturated rings. The van der Waals surface area contributed by atoms with Gasteiger partial charge in [-0.3, -0.25) is 4.98 Å². The quantitative estimate of drug-likeness (QED) is 0.402. The van der Waals surface area contributed by atoms with Gasteiger partial charge in [-0.25, -0.2) is 4.98 Å². The molecule has 0 amide bonds. The first-order valence-corrected chi connectivity index (χ1v) is 13.4. The van der Waals surface area contributed by atoms with Crippen molar-refractivity contribution in [1.82, 2.24) is 14.9 Å². The van der Waals surface area contributed by atoms with E-state index in [2.05, 4.69) is 70.2 Å². The topological polar surface area (TPSA) is 32.3 Å². The van der Waals surface area contributed by atoms with Gasteiger partial charge < -0.3 is 9.80 Å². The number of piperidine rings is 1. The third kappa shape index (κ3) is 5.59. The molecule has 0 atom stereocenters. The molecule has 0 spiro atoms. The van der Waals surface area contributed by atoms with Crippen LogP contribution in [0.2, 0.25) is 0 Å². The third-order valence-corrected chi connectivity index (χ3v) is 8.04. The van der Waals surface area contributed by atoms with Crippen molar-refractivity contribution >= 4 is 17.6 Å². The van der Waals surface area contributed by atoms with E-state index in [4.69, 9.17) is 4.98 Å². The minimum absolute atomic E-state index is 0.780. The third-order valence-electron chi connectivity index (χ3n) is 7.06. The van der Waals surface area contributed by atoms with E-state index in [-0.39, 0.29) is 0 Å². The number of benzene rings is 1. The molecule has 3 aromatic rings. The van der Waals surface area contributed by atoms with Crippen molar-refractivity contribution in [1.29, 1.82) is 0 Å². The molecule has 2 aromatic heterocycles. The standard InChI is InChI=1S/C28H34N4S/c1-2-22-19-27(32-17-11-26(12-18-32)31-15-3-4-16-31)30-28(20-22)33-21-23-5-7-24(8-6-23)25-9-13-29-14-10-25/h5-10,13-14,19-20,26H,2-4,11-12,15-18,21H2,1H3. The summed E-state index contributed by atoms with van der Waals surface area (Å²) in [5, 5.41) is 1.14. The van der Waals surface area contributed by atoms with Gasteiger partial charge >= 0.3 is 0 Å². The average Bonchev–Trinajstić information content (AvgIpc) is 3.43. The summed E-state index contributed by atoms with van der Waals surface area (Å²) in [6.07, 6.45) is 10.0. The highest BCUT2D eigenvalue weighted by molar-refractivity contribution is 7.98. The average molecular weight is 459 g/mol. The fraction of sp³-hybridized carbons (Fsp3) is 0.429. The predicted octanol–water partition coefficient (Wildman–Crippen LogP) is 6.06. The molecule has 5 heteroatoms. The molecule has 4 heterocycles. The van der Waals surface area contributed by atoms with Crippen LogP contribution in [0.25, 0.3) is 11.1 Å². The Bertz CT molecular complexity index is 1020. The molecule has 0 saturated carbocycles. The van der Waals surface area contributed by atoms with E-state index < -0.39 is 0 Å². The highest BCUT2D eigenvalue weighted by Crippen LogP contribution is 2.29. The molecule has 1 aromatic carbocycles. The highest BCUT2D eigenvalue weighted by Gasteiger charge is 2.27. The van der Waals surface area contributed by atoms with Crippen LogP contribution in [0.3, 0.4) is 0 Å². The molecule has 0 unspecified atom stereocenters. The number of aryl methyl sites for hydroxylation is 1. The number of aromatic nitrogens is 2. The van der Waals surface area contributed by atoms with Crippen molar-refractivity contribution < 1.29 is 0 Å². The summed E-state index contributed by atoms with van der Waals surface area (Å²) < 4.78 is 0. The molecule has 2 saturated heterocycles. The number of rotatable bonds is 7. The summed E-state index contributed by atoms with van der Waals surface area (Å²) in [4.78, 5) is 14.4. The van der Waals surface area contributed by atoms with Crippen molar-refractivity contribution in [2.75, 3.05) is 31.1 Å². The molecule has 0 radical (unpaired) electrons. The van der Waals surface area contributed by atoms with Gasteiger partial charge in [0.1, 0.15) is 5.82 Å². The number of pyridine rings is 2. The van der Waals surface area contributed by atoms with Crippen LogP contribution < -0.4 is 4.90 Å². The van der Waals surface area contributed by atoms with E-state index in [1.807, 2.05) is 24.2 Å². The lowest BCUT2D eigenvalue weighted by Gasteiger charge is -2.37. The van der Waals surface area contributed by atoms with Crippen LogP contribution in [0.15, 0.2) is 66.0 Å². The fourth-order valence-electron chi connectivity index (χ4n) is 5.05. The lowest BCUT2D eigenvalue weighted by Crippen LogP contribution is -2.44. The number of nitrogens with zero attached hydrogens (tertiary/aromatic N) is 4. The molecule has 5 rings (SSSR count). The van der Waals surface area contributed by atoms with Gasteiger partial charge in [0.2, 0.25) is 0 Å². The van der Waals surface area contributed by atoms with E-state index in [0.29, 0.717) is 0 Å². The predicted molar refractivity (Wildman–Crippen MR) is 139 cm³/mol. The molecule has 33 heavy (non-hydrogen) atoms. The molecule has 4 nitrogen and oxygen atoms in total. The second-order valence-corrected chi connectivity index (χ2v) is 10.2. The summed E-state index contributed by atoms with van der Waals surface area (Å²) in [7, 11) is 0. The second kappa shape index (κ2) is 10.7. The van der Waals surface area contributed by atoms with Gasteiger partial charge in [-0.2, -0.15) is 0 Å². The Balaban J connectivity index is 1.22. The van der Waals surface area contributed by atoms with Gasteiger partial charge in [0.15, 0.2) is 0 Å². The van der Waals surface area contributed by atoms with Crippen molar-refractivity contribution in [3.8, 4) is 11.1 Å². The zero-order valence-corrected chi connectivity index (χ0v) is 20.4.